The van der Waals surface area contributed by atoms with Gasteiger partial charge in [-0.3, -0.25) is 4.79 Å². The Morgan fingerprint density at radius 1 is 1.32 bits per heavy atom. The predicted octanol–water partition coefficient (Wildman–Crippen LogP) is 2.53. The molecule has 0 bridgehead atoms. The standard InChI is InChI=1S/C18H27FN2O3.ClH/c1-18(5-7-20-8-6-18)13-21-17(22)14-3-4-16(19)15(11-14)12-24-10-9-23-2;/h3-4,11,20H,5-10,12-13H2,1-2H3,(H,21,22);1H. The molecule has 25 heavy (non-hydrogen) atoms. The summed E-state index contributed by atoms with van der Waals surface area (Å²) >= 11 is 0. The molecule has 2 rings (SSSR count). The third-order valence-electron chi connectivity index (χ3n) is 4.48. The number of piperidine rings is 1. The number of carbonyl (C=O) groups excluding carboxylic acids is 1. The molecule has 0 atom stereocenters. The van der Waals surface area contributed by atoms with E-state index in [1.54, 1.807) is 13.2 Å². The minimum absolute atomic E-state index is 0. The summed E-state index contributed by atoms with van der Waals surface area (Å²) in [6.45, 7) is 5.74. The van der Waals surface area contributed by atoms with Crippen LogP contribution in [-0.4, -0.2) is 45.9 Å². The summed E-state index contributed by atoms with van der Waals surface area (Å²) in [5.74, 6) is -0.540. The van der Waals surface area contributed by atoms with Crippen molar-refractivity contribution in [1.29, 1.82) is 0 Å². The first kappa shape index (κ1) is 21.8. The van der Waals surface area contributed by atoms with E-state index < -0.39 is 0 Å². The lowest BCUT2D eigenvalue weighted by molar-refractivity contribution is 0.0603. The summed E-state index contributed by atoms with van der Waals surface area (Å²) in [7, 11) is 1.58. The molecule has 1 aromatic carbocycles. The Bertz CT molecular complexity index is 551. The number of halogens is 2. The summed E-state index contributed by atoms with van der Waals surface area (Å²) in [5.41, 5.74) is 0.957. The number of methoxy groups -OCH3 is 1. The summed E-state index contributed by atoms with van der Waals surface area (Å²) in [4.78, 5) is 12.4. The minimum atomic E-state index is -0.366. The summed E-state index contributed by atoms with van der Waals surface area (Å²) < 4.78 is 24.1. The number of benzene rings is 1. The average molecular weight is 375 g/mol. The van der Waals surface area contributed by atoms with Crippen molar-refractivity contribution < 1.29 is 18.7 Å². The van der Waals surface area contributed by atoms with Gasteiger partial charge in [0, 0.05) is 24.8 Å². The fourth-order valence-electron chi connectivity index (χ4n) is 2.75. The molecule has 0 spiro atoms. The van der Waals surface area contributed by atoms with Gasteiger partial charge in [-0.15, -0.1) is 12.4 Å². The number of ether oxygens (including phenoxy) is 2. The van der Waals surface area contributed by atoms with Gasteiger partial charge in [-0.05, 0) is 49.5 Å². The van der Waals surface area contributed by atoms with Crippen molar-refractivity contribution in [3.05, 3.63) is 35.1 Å². The Labute approximate surface area is 155 Å². The first-order valence-electron chi connectivity index (χ1n) is 8.38. The molecule has 0 radical (unpaired) electrons. The second kappa shape index (κ2) is 10.7. The Morgan fingerprint density at radius 3 is 2.72 bits per heavy atom. The predicted molar refractivity (Wildman–Crippen MR) is 97.7 cm³/mol. The molecular weight excluding hydrogens is 347 g/mol. The lowest BCUT2D eigenvalue weighted by Crippen LogP contribution is -2.42. The van der Waals surface area contributed by atoms with Crippen LogP contribution in [0.1, 0.15) is 35.7 Å². The van der Waals surface area contributed by atoms with Crippen molar-refractivity contribution in [3.63, 3.8) is 0 Å². The number of nitrogens with one attached hydrogen (secondary N) is 2. The van der Waals surface area contributed by atoms with Gasteiger partial charge >= 0.3 is 0 Å². The van der Waals surface area contributed by atoms with E-state index in [9.17, 15) is 9.18 Å². The van der Waals surface area contributed by atoms with Crippen molar-refractivity contribution in [2.45, 2.75) is 26.4 Å². The molecule has 1 aliphatic rings. The smallest absolute Gasteiger partial charge is 0.251 e. The van der Waals surface area contributed by atoms with Crippen molar-refractivity contribution in [3.8, 4) is 0 Å². The van der Waals surface area contributed by atoms with Crippen LogP contribution >= 0.6 is 12.4 Å². The highest BCUT2D eigenvalue weighted by Gasteiger charge is 2.27. The van der Waals surface area contributed by atoms with Crippen molar-refractivity contribution in [1.82, 2.24) is 10.6 Å². The Balaban J connectivity index is 0.00000312. The number of carbonyl (C=O) groups is 1. The van der Waals surface area contributed by atoms with Crippen LogP contribution in [0.2, 0.25) is 0 Å². The van der Waals surface area contributed by atoms with E-state index in [0.717, 1.165) is 25.9 Å². The molecule has 1 fully saturated rings. The van der Waals surface area contributed by atoms with Gasteiger partial charge in [-0.25, -0.2) is 4.39 Å². The average Bonchev–Trinajstić information content (AvgIpc) is 2.59. The first-order valence-corrected chi connectivity index (χ1v) is 8.38. The SMILES string of the molecule is COCCOCc1cc(C(=O)NCC2(C)CCNCC2)ccc1F.Cl. The highest BCUT2D eigenvalue weighted by atomic mass is 35.5. The fourth-order valence-corrected chi connectivity index (χ4v) is 2.75. The molecule has 1 aromatic rings. The maximum atomic E-state index is 13.8. The lowest BCUT2D eigenvalue weighted by atomic mass is 9.81. The van der Waals surface area contributed by atoms with Gasteiger partial charge in [0.1, 0.15) is 5.82 Å². The Hall–Kier alpha value is -1.21. The van der Waals surface area contributed by atoms with Crippen LogP contribution in [0.15, 0.2) is 18.2 Å². The Morgan fingerprint density at radius 2 is 2.04 bits per heavy atom. The molecule has 142 valence electrons. The van der Waals surface area contributed by atoms with E-state index in [1.807, 2.05) is 0 Å². The van der Waals surface area contributed by atoms with Gasteiger partial charge in [0.05, 0.1) is 19.8 Å². The molecule has 1 heterocycles. The van der Waals surface area contributed by atoms with Gasteiger partial charge in [0.25, 0.3) is 5.91 Å². The molecule has 2 N–H and O–H groups in total. The number of amides is 1. The van der Waals surface area contributed by atoms with Gasteiger partial charge in [0.15, 0.2) is 0 Å². The van der Waals surface area contributed by atoms with E-state index >= 15 is 0 Å². The maximum Gasteiger partial charge on any atom is 0.251 e. The topological polar surface area (TPSA) is 59.6 Å². The van der Waals surface area contributed by atoms with Crippen LogP contribution in [0.4, 0.5) is 4.39 Å². The largest absolute Gasteiger partial charge is 0.382 e. The van der Waals surface area contributed by atoms with Gasteiger partial charge in [-0.2, -0.15) is 0 Å². The number of hydrogen-bond acceptors (Lipinski definition) is 4. The molecule has 7 heteroatoms. The van der Waals surface area contributed by atoms with Crippen LogP contribution in [0.5, 0.6) is 0 Å². The molecule has 5 nitrogen and oxygen atoms in total. The van der Waals surface area contributed by atoms with Crippen molar-refractivity contribution >= 4 is 18.3 Å². The van der Waals surface area contributed by atoms with E-state index in [4.69, 9.17) is 9.47 Å². The van der Waals surface area contributed by atoms with Gasteiger partial charge in [-0.1, -0.05) is 6.92 Å². The molecule has 0 unspecified atom stereocenters. The van der Waals surface area contributed by atoms with E-state index in [-0.39, 0.29) is 36.2 Å². The monoisotopic (exact) mass is 374 g/mol. The van der Waals surface area contributed by atoms with Crippen LogP contribution < -0.4 is 10.6 Å². The molecule has 1 amide bonds. The van der Waals surface area contributed by atoms with Gasteiger partial charge < -0.3 is 20.1 Å². The van der Waals surface area contributed by atoms with Gasteiger partial charge in [0.2, 0.25) is 0 Å². The van der Waals surface area contributed by atoms with Crippen molar-refractivity contribution in [2.24, 2.45) is 5.41 Å². The van der Waals surface area contributed by atoms with Crippen LogP contribution in [0.25, 0.3) is 0 Å². The highest BCUT2D eigenvalue weighted by molar-refractivity contribution is 5.94. The van der Waals surface area contributed by atoms with E-state index in [0.29, 0.717) is 30.9 Å². The number of rotatable bonds is 8. The van der Waals surface area contributed by atoms with Crippen LogP contribution in [-0.2, 0) is 16.1 Å². The molecular formula is C18H28ClFN2O3. The van der Waals surface area contributed by atoms with Crippen molar-refractivity contribution in [2.75, 3.05) is 40.0 Å². The zero-order valence-corrected chi connectivity index (χ0v) is 15.7. The first-order chi connectivity index (χ1) is 11.5. The highest BCUT2D eigenvalue weighted by Crippen LogP contribution is 2.26. The molecule has 1 aliphatic heterocycles. The van der Waals surface area contributed by atoms with E-state index in [2.05, 4.69) is 17.6 Å². The zero-order valence-electron chi connectivity index (χ0n) is 14.9. The minimum Gasteiger partial charge on any atom is -0.382 e. The van der Waals surface area contributed by atoms with E-state index in [1.165, 1.54) is 12.1 Å². The zero-order chi connectivity index (χ0) is 17.4. The Kier molecular flexibility index (Phi) is 9.35. The second-order valence-corrected chi connectivity index (χ2v) is 6.59. The lowest BCUT2D eigenvalue weighted by Gasteiger charge is -2.34. The third-order valence-corrected chi connectivity index (χ3v) is 4.48. The molecule has 0 aromatic heterocycles. The normalized spacial score (nSPS) is 16.1. The molecule has 1 saturated heterocycles. The summed E-state index contributed by atoms with van der Waals surface area (Å²) in [6.07, 6.45) is 2.07. The quantitative estimate of drug-likeness (QED) is 0.686. The van der Waals surface area contributed by atoms with Crippen LogP contribution in [0, 0.1) is 11.2 Å². The fraction of sp³-hybridized carbons (Fsp3) is 0.611. The second-order valence-electron chi connectivity index (χ2n) is 6.59. The number of hydrogen-bond donors (Lipinski definition) is 2. The van der Waals surface area contributed by atoms with Crippen LogP contribution in [0.3, 0.4) is 0 Å². The summed E-state index contributed by atoms with van der Waals surface area (Å²) in [5, 5.41) is 6.31. The summed E-state index contributed by atoms with van der Waals surface area (Å²) in [6, 6.07) is 4.38. The third kappa shape index (κ3) is 6.90. The molecule has 0 saturated carbocycles. The maximum absolute atomic E-state index is 13.8. The molecule has 0 aliphatic carbocycles.